The van der Waals surface area contributed by atoms with Crippen LogP contribution in [0.5, 0.6) is 0 Å². The number of rotatable bonds is 5. The molecule has 7 heteroatoms. The number of amides is 1. The lowest BCUT2D eigenvalue weighted by atomic mass is 9.82. The molecule has 0 aromatic carbocycles. The summed E-state index contributed by atoms with van der Waals surface area (Å²) in [5.74, 6) is 1.12. The number of aryl methyl sites for hydroxylation is 1. The van der Waals surface area contributed by atoms with Gasteiger partial charge in [0.1, 0.15) is 5.76 Å². The van der Waals surface area contributed by atoms with Crippen LogP contribution < -0.4 is 5.32 Å². The fraction of sp³-hybridized carbons (Fsp3) is 0.556. The first-order valence-corrected chi connectivity index (χ1v) is 8.80. The number of piperidine rings is 1. The Morgan fingerprint density at radius 2 is 2.36 bits per heavy atom. The van der Waals surface area contributed by atoms with Gasteiger partial charge in [-0.25, -0.2) is 0 Å². The number of aromatic nitrogens is 2. The number of likely N-dealkylation sites (tertiary alicyclic amines) is 1. The summed E-state index contributed by atoms with van der Waals surface area (Å²) in [4.78, 5) is 15.1. The Labute approximate surface area is 146 Å². The summed E-state index contributed by atoms with van der Waals surface area (Å²) in [6.07, 6.45) is 6.63. The van der Waals surface area contributed by atoms with Gasteiger partial charge in [0, 0.05) is 51.0 Å². The summed E-state index contributed by atoms with van der Waals surface area (Å²) >= 11 is 0. The van der Waals surface area contributed by atoms with Gasteiger partial charge in [0.05, 0.1) is 31.0 Å². The minimum Gasteiger partial charge on any atom is -0.467 e. The molecule has 2 aliphatic rings. The van der Waals surface area contributed by atoms with E-state index in [0.717, 1.165) is 44.0 Å². The van der Waals surface area contributed by atoms with E-state index in [-0.39, 0.29) is 17.9 Å². The van der Waals surface area contributed by atoms with Gasteiger partial charge in [0.15, 0.2) is 0 Å². The monoisotopic (exact) mass is 344 g/mol. The minimum atomic E-state index is -0.0483. The molecule has 0 bridgehead atoms. The molecule has 0 saturated carbocycles. The van der Waals surface area contributed by atoms with Crippen molar-refractivity contribution in [1.29, 1.82) is 0 Å². The highest BCUT2D eigenvalue weighted by Crippen LogP contribution is 2.34. The molecule has 2 saturated heterocycles. The van der Waals surface area contributed by atoms with Gasteiger partial charge in [-0.3, -0.25) is 14.4 Å². The lowest BCUT2D eigenvalue weighted by Gasteiger charge is -2.39. The number of carbonyl (C=O) groups excluding carboxylic acids is 1. The molecule has 0 unspecified atom stereocenters. The summed E-state index contributed by atoms with van der Waals surface area (Å²) in [6, 6.07) is 3.70. The second-order valence-electron chi connectivity index (χ2n) is 6.98. The van der Waals surface area contributed by atoms with Gasteiger partial charge in [-0.2, -0.15) is 5.10 Å². The van der Waals surface area contributed by atoms with E-state index in [4.69, 9.17) is 9.15 Å². The average molecular weight is 344 g/mol. The molecular formula is C18H24N4O3. The first kappa shape index (κ1) is 16.4. The fourth-order valence-corrected chi connectivity index (χ4v) is 3.99. The Balaban J connectivity index is 1.42. The van der Waals surface area contributed by atoms with Crippen molar-refractivity contribution in [3.8, 4) is 0 Å². The number of nitrogens with one attached hydrogen (secondary N) is 1. The molecule has 2 fully saturated rings. The molecule has 4 rings (SSSR count). The Kier molecular flexibility index (Phi) is 4.59. The van der Waals surface area contributed by atoms with Crippen LogP contribution in [0.25, 0.3) is 0 Å². The van der Waals surface area contributed by atoms with Crippen LogP contribution in [0.2, 0.25) is 0 Å². The highest BCUT2D eigenvalue weighted by atomic mass is 16.5. The van der Waals surface area contributed by atoms with Crippen molar-refractivity contribution in [2.75, 3.05) is 19.7 Å². The summed E-state index contributed by atoms with van der Waals surface area (Å²) in [5.41, 5.74) is 1.16. The minimum absolute atomic E-state index is 0.0483. The largest absolute Gasteiger partial charge is 0.467 e. The summed E-state index contributed by atoms with van der Waals surface area (Å²) < 4.78 is 13.0. The zero-order chi connectivity index (χ0) is 17.2. The molecule has 1 amide bonds. The van der Waals surface area contributed by atoms with Crippen LogP contribution in [0.15, 0.2) is 35.2 Å². The van der Waals surface area contributed by atoms with Gasteiger partial charge >= 0.3 is 0 Å². The standard InChI is InChI=1S/C18H24N4O3/c1-21-9-13(7-20-21)10-22-11-16(15-4-6-25-17(15)12-22)18(23)19-8-14-3-2-5-24-14/h2-3,5,7,9,15-17H,4,6,8,10-12H2,1H3,(H,19,23)/t15-,16-,17+/m0/s1. The Hall–Kier alpha value is -2.12. The van der Waals surface area contributed by atoms with Crippen molar-refractivity contribution in [1.82, 2.24) is 20.0 Å². The molecule has 7 nitrogen and oxygen atoms in total. The van der Waals surface area contributed by atoms with E-state index in [2.05, 4.69) is 15.3 Å². The molecule has 134 valence electrons. The number of hydrogen-bond donors (Lipinski definition) is 1. The highest BCUT2D eigenvalue weighted by molar-refractivity contribution is 5.79. The quantitative estimate of drug-likeness (QED) is 0.881. The number of carbonyl (C=O) groups is 1. The molecule has 0 radical (unpaired) electrons. The zero-order valence-corrected chi connectivity index (χ0v) is 14.4. The highest BCUT2D eigenvalue weighted by Gasteiger charge is 2.43. The first-order valence-electron chi connectivity index (χ1n) is 8.80. The maximum absolute atomic E-state index is 12.8. The first-order chi connectivity index (χ1) is 12.2. The van der Waals surface area contributed by atoms with Gasteiger partial charge < -0.3 is 14.5 Å². The second-order valence-corrected chi connectivity index (χ2v) is 6.98. The summed E-state index contributed by atoms with van der Waals surface area (Å²) in [6.45, 7) is 3.61. The number of fused-ring (bicyclic) bond motifs is 1. The van der Waals surface area contributed by atoms with Crippen molar-refractivity contribution in [3.63, 3.8) is 0 Å². The third-order valence-corrected chi connectivity index (χ3v) is 5.19. The van der Waals surface area contributed by atoms with Crippen molar-refractivity contribution in [2.45, 2.75) is 25.6 Å². The van der Waals surface area contributed by atoms with E-state index in [1.54, 1.807) is 6.26 Å². The van der Waals surface area contributed by atoms with Crippen molar-refractivity contribution in [3.05, 3.63) is 42.1 Å². The maximum Gasteiger partial charge on any atom is 0.225 e. The SMILES string of the molecule is Cn1cc(CN2C[C@H](C(=O)NCc3ccco3)[C@@H]3CCO[C@@H]3C2)cn1. The van der Waals surface area contributed by atoms with E-state index in [0.29, 0.717) is 12.5 Å². The third kappa shape index (κ3) is 3.62. The Morgan fingerprint density at radius 1 is 1.44 bits per heavy atom. The molecule has 2 aromatic rings. The maximum atomic E-state index is 12.8. The van der Waals surface area contributed by atoms with Crippen molar-refractivity contribution < 1.29 is 13.9 Å². The van der Waals surface area contributed by atoms with Gasteiger partial charge in [0.25, 0.3) is 0 Å². The molecule has 2 aliphatic heterocycles. The van der Waals surface area contributed by atoms with Crippen LogP contribution in [0.3, 0.4) is 0 Å². The van der Waals surface area contributed by atoms with E-state index in [9.17, 15) is 4.79 Å². The van der Waals surface area contributed by atoms with E-state index in [1.807, 2.05) is 36.3 Å². The molecule has 0 spiro atoms. The Bertz CT molecular complexity index is 712. The topological polar surface area (TPSA) is 72.5 Å². The third-order valence-electron chi connectivity index (χ3n) is 5.19. The van der Waals surface area contributed by atoms with Gasteiger partial charge in [-0.15, -0.1) is 0 Å². The molecule has 2 aromatic heterocycles. The number of ether oxygens (including phenoxy) is 1. The Morgan fingerprint density at radius 3 is 3.12 bits per heavy atom. The van der Waals surface area contributed by atoms with Crippen LogP contribution >= 0.6 is 0 Å². The molecule has 25 heavy (non-hydrogen) atoms. The van der Waals surface area contributed by atoms with E-state index < -0.39 is 0 Å². The van der Waals surface area contributed by atoms with Crippen LogP contribution in [-0.4, -0.2) is 46.4 Å². The lowest BCUT2D eigenvalue weighted by Crippen LogP contribution is -2.52. The van der Waals surface area contributed by atoms with Gasteiger partial charge in [-0.05, 0) is 18.6 Å². The van der Waals surface area contributed by atoms with Crippen molar-refractivity contribution >= 4 is 5.91 Å². The van der Waals surface area contributed by atoms with Crippen LogP contribution in [0, 0.1) is 11.8 Å². The predicted octanol–water partition coefficient (Wildman–Crippen LogP) is 1.17. The molecule has 4 heterocycles. The van der Waals surface area contributed by atoms with Gasteiger partial charge in [-0.1, -0.05) is 0 Å². The number of hydrogen-bond acceptors (Lipinski definition) is 5. The van der Waals surface area contributed by atoms with E-state index in [1.165, 1.54) is 0 Å². The molecule has 1 N–H and O–H groups in total. The zero-order valence-electron chi connectivity index (χ0n) is 14.4. The van der Waals surface area contributed by atoms with Gasteiger partial charge in [0.2, 0.25) is 5.91 Å². The van der Waals surface area contributed by atoms with Crippen molar-refractivity contribution in [2.24, 2.45) is 18.9 Å². The fourth-order valence-electron chi connectivity index (χ4n) is 3.99. The predicted molar refractivity (Wildman–Crippen MR) is 90.4 cm³/mol. The van der Waals surface area contributed by atoms with E-state index >= 15 is 0 Å². The second kappa shape index (κ2) is 7.01. The average Bonchev–Trinajstić information content (AvgIpc) is 3.33. The summed E-state index contributed by atoms with van der Waals surface area (Å²) in [5, 5.41) is 7.25. The van der Waals surface area contributed by atoms with Crippen LogP contribution in [0.1, 0.15) is 17.7 Å². The smallest absolute Gasteiger partial charge is 0.225 e. The molecular weight excluding hydrogens is 320 g/mol. The van der Waals surface area contributed by atoms with Crippen LogP contribution in [0.4, 0.5) is 0 Å². The summed E-state index contributed by atoms with van der Waals surface area (Å²) in [7, 11) is 1.92. The lowest BCUT2D eigenvalue weighted by molar-refractivity contribution is -0.131. The normalized spacial score (nSPS) is 26.5. The molecule has 3 atom stereocenters. The number of nitrogens with zero attached hydrogens (tertiary/aromatic N) is 3. The number of furan rings is 1. The molecule has 0 aliphatic carbocycles. The van der Waals surface area contributed by atoms with Crippen LogP contribution in [-0.2, 0) is 29.7 Å².